The summed E-state index contributed by atoms with van der Waals surface area (Å²) >= 11 is 5.67. The average Bonchev–Trinajstić information content (AvgIpc) is 1.92. The standard InChI is InChI=1S/C7H7ClNO2S/c1-5-2-3-6(4-7(5)8)12(9,10)11/h2-4,9H,1H3. The SMILES string of the molecule is Cc1ccc(S([NH])(=O)=O)cc1Cl. The highest BCUT2D eigenvalue weighted by molar-refractivity contribution is 7.88. The van der Waals surface area contributed by atoms with Crippen molar-refractivity contribution in [2.24, 2.45) is 0 Å². The molecule has 0 bridgehead atoms. The molecule has 5 heteroatoms. The smallest absolute Gasteiger partial charge is 0.206 e. The summed E-state index contributed by atoms with van der Waals surface area (Å²) in [5.41, 5.74) is 0.795. The van der Waals surface area contributed by atoms with Crippen molar-refractivity contribution in [3.05, 3.63) is 28.8 Å². The van der Waals surface area contributed by atoms with E-state index in [4.69, 9.17) is 16.7 Å². The third-order valence-electron chi connectivity index (χ3n) is 1.45. The highest BCUT2D eigenvalue weighted by Gasteiger charge is 2.09. The molecule has 0 unspecified atom stereocenters. The van der Waals surface area contributed by atoms with Gasteiger partial charge in [-0.1, -0.05) is 17.7 Å². The quantitative estimate of drug-likeness (QED) is 0.698. The van der Waals surface area contributed by atoms with Crippen LogP contribution in [0.1, 0.15) is 5.56 Å². The summed E-state index contributed by atoms with van der Waals surface area (Å²) in [6.07, 6.45) is 0. The largest absolute Gasteiger partial charge is 0.254 e. The molecule has 12 heavy (non-hydrogen) atoms. The number of benzene rings is 1. The molecule has 0 aliphatic carbocycles. The molecular weight excluding hydrogens is 198 g/mol. The molecule has 0 fully saturated rings. The molecule has 0 aliphatic heterocycles. The first-order valence-corrected chi connectivity index (χ1v) is 5.03. The molecule has 0 amide bonds. The number of hydrogen-bond donors (Lipinski definition) is 0. The second-order valence-corrected chi connectivity index (χ2v) is 4.30. The molecule has 0 saturated heterocycles. The van der Waals surface area contributed by atoms with Gasteiger partial charge < -0.3 is 0 Å². The van der Waals surface area contributed by atoms with E-state index in [1.54, 1.807) is 13.0 Å². The molecular formula is C7H7ClNO2S. The van der Waals surface area contributed by atoms with Gasteiger partial charge in [-0.25, -0.2) is 8.42 Å². The van der Waals surface area contributed by atoms with Gasteiger partial charge in [0.2, 0.25) is 0 Å². The lowest BCUT2D eigenvalue weighted by molar-refractivity contribution is 0.596. The minimum atomic E-state index is -3.88. The lowest BCUT2D eigenvalue weighted by atomic mass is 10.2. The van der Waals surface area contributed by atoms with Crippen molar-refractivity contribution in [2.45, 2.75) is 11.8 Å². The van der Waals surface area contributed by atoms with Crippen molar-refractivity contribution in [1.29, 1.82) is 0 Å². The zero-order chi connectivity index (χ0) is 9.35. The molecule has 0 atom stereocenters. The summed E-state index contributed by atoms with van der Waals surface area (Å²) in [7, 11) is -3.88. The molecule has 1 aromatic rings. The Hall–Kier alpha value is -0.580. The molecule has 1 radical (unpaired) electrons. The van der Waals surface area contributed by atoms with Crippen LogP contribution in [0.4, 0.5) is 0 Å². The van der Waals surface area contributed by atoms with Crippen LogP contribution in [-0.2, 0) is 10.0 Å². The summed E-state index contributed by atoms with van der Waals surface area (Å²) in [5, 5.41) is 7.12. The Labute approximate surface area is 76.2 Å². The van der Waals surface area contributed by atoms with Crippen molar-refractivity contribution in [3.63, 3.8) is 0 Å². The van der Waals surface area contributed by atoms with E-state index in [0.717, 1.165) is 5.56 Å². The summed E-state index contributed by atoms with van der Waals surface area (Å²) in [6, 6.07) is 4.21. The van der Waals surface area contributed by atoms with Gasteiger partial charge in [-0.2, -0.15) is 0 Å². The number of sulfonamides is 1. The van der Waals surface area contributed by atoms with Gasteiger partial charge in [-0.3, -0.25) is 0 Å². The summed E-state index contributed by atoms with van der Waals surface area (Å²) in [4.78, 5) is -0.0712. The van der Waals surface area contributed by atoms with E-state index >= 15 is 0 Å². The van der Waals surface area contributed by atoms with Crippen LogP contribution in [0.2, 0.25) is 5.02 Å². The normalized spacial score (nSPS) is 11.6. The van der Waals surface area contributed by atoms with E-state index in [0.29, 0.717) is 5.02 Å². The second kappa shape index (κ2) is 3.05. The molecule has 1 rings (SSSR count). The second-order valence-electron chi connectivity index (χ2n) is 2.41. The van der Waals surface area contributed by atoms with Crippen LogP contribution in [0, 0.1) is 6.92 Å². The van der Waals surface area contributed by atoms with E-state index in [1.807, 2.05) is 0 Å². The maximum atomic E-state index is 10.7. The van der Waals surface area contributed by atoms with Crippen molar-refractivity contribution in [1.82, 2.24) is 5.14 Å². The van der Waals surface area contributed by atoms with Gasteiger partial charge in [0.05, 0.1) is 4.90 Å². The van der Waals surface area contributed by atoms with Crippen molar-refractivity contribution < 1.29 is 8.42 Å². The first kappa shape index (κ1) is 9.51. The molecule has 0 spiro atoms. The fraction of sp³-hybridized carbons (Fsp3) is 0.143. The molecule has 0 aliphatic rings. The monoisotopic (exact) mass is 204 g/mol. The molecule has 1 N–H and O–H groups in total. The van der Waals surface area contributed by atoms with E-state index in [9.17, 15) is 8.42 Å². The van der Waals surface area contributed by atoms with Crippen LogP contribution >= 0.6 is 11.6 Å². The highest BCUT2D eigenvalue weighted by Crippen LogP contribution is 2.19. The Morgan fingerprint density at radius 2 is 2.00 bits per heavy atom. The highest BCUT2D eigenvalue weighted by atomic mass is 35.5. The fourth-order valence-corrected chi connectivity index (χ4v) is 1.51. The van der Waals surface area contributed by atoms with Gasteiger partial charge in [-0.05, 0) is 24.6 Å². The fourth-order valence-electron chi connectivity index (χ4n) is 0.741. The molecule has 0 saturated carbocycles. The maximum Gasteiger partial charge on any atom is 0.254 e. The summed E-state index contributed by atoms with van der Waals surface area (Å²) in [5.74, 6) is 0. The van der Waals surface area contributed by atoms with Crippen molar-refractivity contribution in [2.75, 3.05) is 0 Å². The number of nitrogens with one attached hydrogen (secondary N) is 1. The zero-order valence-electron chi connectivity index (χ0n) is 6.33. The van der Waals surface area contributed by atoms with Gasteiger partial charge in [0.25, 0.3) is 10.0 Å². The Morgan fingerprint density at radius 3 is 2.42 bits per heavy atom. The molecule has 3 nitrogen and oxygen atoms in total. The third kappa shape index (κ3) is 1.97. The maximum absolute atomic E-state index is 10.7. The van der Waals surface area contributed by atoms with Gasteiger partial charge in [0.1, 0.15) is 0 Å². The Balaban J connectivity index is 3.33. The third-order valence-corrected chi connectivity index (χ3v) is 2.74. The predicted octanol–water partition coefficient (Wildman–Crippen LogP) is 1.62. The van der Waals surface area contributed by atoms with Gasteiger partial charge in [-0.15, -0.1) is 5.14 Å². The van der Waals surface area contributed by atoms with Crippen LogP contribution in [0.15, 0.2) is 23.1 Å². The van der Waals surface area contributed by atoms with E-state index < -0.39 is 10.0 Å². The predicted molar refractivity (Wildman–Crippen MR) is 46.5 cm³/mol. The van der Waals surface area contributed by atoms with Gasteiger partial charge >= 0.3 is 0 Å². The lowest BCUT2D eigenvalue weighted by Crippen LogP contribution is -2.00. The Kier molecular flexibility index (Phi) is 2.41. The molecule has 0 aromatic heterocycles. The first-order valence-electron chi connectivity index (χ1n) is 3.17. The summed E-state index contributed by atoms with van der Waals surface area (Å²) < 4.78 is 21.4. The molecule has 1 aromatic carbocycles. The van der Waals surface area contributed by atoms with Crippen LogP contribution in [-0.4, -0.2) is 8.42 Å². The minimum absolute atomic E-state index is 0.0712. The number of aryl methyl sites for hydroxylation is 1. The first-order chi connectivity index (χ1) is 5.41. The number of hydrogen-bond acceptors (Lipinski definition) is 2. The van der Waals surface area contributed by atoms with Crippen molar-refractivity contribution >= 4 is 21.6 Å². The Morgan fingerprint density at radius 1 is 1.42 bits per heavy atom. The van der Waals surface area contributed by atoms with Crippen molar-refractivity contribution in [3.8, 4) is 0 Å². The van der Waals surface area contributed by atoms with E-state index in [-0.39, 0.29) is 4.90 Å². The minimum Gasteiger partial charge on any atom is -0.206 e. The molecule has 65 valence electrons. The van der Waals surface area contributed by atoms with Gasteiger partial charge in [0.15, 0.2) is 0 Å². The number of halogens is 1. The van der Waals surface area contributed by atoms with E-state index in [2.05, 4.69) is 0 Å². The Bertz CT molecular complexity index is 400. The molecule has 0 heterocycles. The van der Waals surface area contributed by atoms with Crippen LogP contribution in [0.3, 0.4) is 0 Å². The van der Waals surface area contributed by atoms with Gasteiger partial charge in [0, 0.05) is 5.02 Å². The van der Waals surface area contributed by atoms with Crippen LogP contribution < -0.4 is 5.14 Å². The lowest BCUT2D eigenvalue weighted by Gasteiger charge is -1.99. The van der Waals surface area contributed by atoms with E-state index in [1.165, 1.54) is 12.1 Å². The average molecular weight is 205 g/mol. The van der Waals surface area contributed by atoms with Crippen LogP contribution in [0.5, 0.6) is 0 Å². The topological polar surface area (TPSA) is 57.9 Å². The summed E-state index contributed by atoms with van der Waals surface area (Å²) in [6.45, 7) is 1.77. The zero-order valence-corrected chi connectivity index (χ0v) is 7.91. The van der Waals surface area contributed by atoms with Crippen LogP contribution in [0.25, 0.3) is 0 Å². The number of rotatable bonds is 1.